The van der Waals surface area contributed by atoms with Crippen molar-refractivity contribution in [2.45, 2.75) is 45.1 Å². The highest BCUT2D eigenvalue weighted by Crippen LogP contribution is 2.33. The van der Waals surface area contributed by atoms with Crippen LogP contribution in [0.25, 0.3) is 22.4 Å². The molecule has 0 aliphatic carbocycles. The van der Waals surface area contributed by atoms with E-state index in [4.69, 9.17) is 11.1 Å². The molecule has 0 radical (unpaired) electrons. The maximum absolute atomic E-state index is 13.3. The Labute approximate surface area is 227 Å². The molecular weight excluding hydrogens is 529 g/mol. The standard InChI is InChI=1S/C26H29F3N8O3/c1-15(38)37-8-7-36(24(40)25(37,2)3)18-6-4-5-16(9-18)20-10-19(22(34-20)23(31)32-14-30)17-11-33-35(12-17)13-21(39)26(27,28)29/h4-6,9-12,14,21,34,39H,7-8,13H2,1-3H3,(H3,30,31,32)/t21-/m0/s1. The van der Waals surface area contributed by atoms with Gasteiger partial charge in [0.25, 0.3) is 5.91 Å². The monoisotopic (exact) mass is 558 g/mol. The Morgan fingerprint density at radius 1 is 1.30 bits per heavy atom. The highest BCUT2D eigenvalue weighted by molar-refractivity contribution is 6.06. The van der Waals surface area contributed by atoms with Crippen molar-refractivity contribution in [1.82, 2.24) is 19.7 Å². The molecule has 1 saturated heterocycles. The Hall–Kier alpha value is -4.46. The Morgan fingerprint density at radius 3 is 2.67 bits per heavy atom. The number of nitrogens with zero attached hydrogens (tertiary/aromatic N) is 5. The zero-order chi connectivity index (χ0) is 29.4. The van der Waals surface area contributed by atoms with E-state index in [9.17, 15) is 27.9 Å². The Kier molecular flexibility index (Phi) is 7.57. The minimum atomic E-state index is -4.79. The van der Waals surface area contributed by atoms with Crippen molar-refractivity contribution in [2.75, 3.05) is 18.0 Å². The molecule has 0 unspecified atom stereocenters. The molecule has 5 N–H and O–H groups in total. The summed E-state index contributed by atoms with van der Waals surface area (Å²) in [6.07, 6.45) is -3.94. The quantitative estimate of drug-likeness (QED) is 0.259. The number of anilines is 1. The summed E-state index contributed by atoms with van der Waals surface area (Å²) in [5.41, 5.74) is 8.09. The van der Waals surface area contributed by atoms with E-state index < -0.39 is 24.4 Å². The van der Waals surface area contributed by atoms with Gasteiger partial charge >= 0.3 is 6.18 Å². The van der Waals surface area contributed by atoms with Crippen LogP contribution in [0.2, 0.25) is 0 Å². The van der Waals surface area contributed by atoms with E-state index >= 15 is 0 Å². The van der Waals surface area contributed by atoms with Gasteiger partial charge in [0.05, 0.1) is 18.4 Å². The third kappa shape index (κ3) is 5.47. The number of carbonyl (C=O) groups is 2. The average molecular weight is 559 g/mol. The van der Waals surface area contributed by atoms with Crippen molar-refractivity contribution >= 4 is 29.7 Å². The number of aromatic amines is 1. The molecule has 4 rings (SSSR count). The molecule has 2 aromatic heterocycles. The fourth-order valence-electron chi connectivity index (χ4n) is 4.72. The number of carbonyl (C=O) groups excluding carboxylic acids is 2. The fourth-order valence-corrected chi connectivity index (χ4v) is 4.72. The SMILES string of the molecule is CC(=O)N1CCN(c2cccc(-c3cc(-c4cnn(C[C@H](O)C(F)(F)F)c4)c(C(N)=NC=N)[nH]3)c2)C(=O)C1(C)C. The molecule has 3 aromatic rings. The van der Waals surface area contributed by atoms with Gasteiger partial charge in [-0.25, -0.2) is 4.99 Å². The maximum atomic E-state index is 13.3. The summed E-state index contributed by atoms with van der Waals surface area (Å²) in [6, 6.07) is 8.86. The lowest BCUT2D eigenvalue weighted by atomic mass is 9.96. The summed E-state index contributed by atoms with van der Waals surface area (Å²) in [5.74, 6) is -0.443. The number of benzene rings is 1. The normalized spacial score (nSPS) is 16.8. The summed E-state index contributed by atoms with van der Waals surface area (Å²) >= 11 is 0. The van der Waals surface area contributed by atoms with Crippen molar-refractivity contribution in [1.29, 1.82) is 5.41 Å². The lowest BCUT2D eigenvalue weighted by molar-refractivity contribution is -0.208. The largest absolute Gasteiger partial charge is 0.416 e. The van der Waals surface area contributed by atoms with Gasteiger partial charge in [-0.05, 0) is 32.0 Å². The van der Waals surface area contributed by atoms with Gasteiger partial charge in [0.1, 0.15) is 17.7 Å². The van der Waals surface area contributed by atoms with Gasteiger partial charge in [0.2, 0.25) is 5.91 Å². The van der Waals surface area contributed by atoms with Gasteiger partial charge in [-0.3, -0.25) is 19.7 Å². The molecule has 1 aromatic carbocycles. The second kappa shape index (κ2) is 10.6. The number of aromatic nitrogens is 3. The number of aliphatic hydroxyl groups is 1. The first-order chi connectivity index (χ1) is 18.7. The summed E-state index contributed by atoms with van der Waals surface area (Å²) in [5, 5.41) is 20.6. The molecule has 11 nitrogen and oxygen atoms in total. The lowest BCUT2D eigenvalue weighted by Crippen LogP contribution is -2.64. The maximum Gasteiger partial charge on any atom is 0.416 e. The molecule has 212 valence electrons. The number of aliphatic imine (C=N–C) groups is 1. The van der Waals surface area contributed by atoms with Crippen LogP contribution in [-0.2, 0) is 16.1 Å². The third-order valence-corrected chi connectivity index (χ3v) is 6.80. The molecule has 40 heavy (non-hydrogen) atoms. The van der Waals surface area contributed by atoms with Crippen LogP contribution in [-0.4, -0.2) is 79.7 Å². The van der Waals surface area contributed by atoms with E-state index in [1.165, 1.54) is 19.3 Å². The zero-order valence-corrected chi connectivity index (χ0v) is 22.0. The van der Waals surface area contributed by atoms with Crippen LogP contribution in [0, 0.1) is 5.41 Å². The molecule has 14 heteroatoms. The minimum absolute atomic E-state index is 0.0345. The number of alkyl halides is 3. The van der Waals surface area contributed by atoms with Crippen molar-refractivity contribution < 1.29 is 27.9 Å². The number of amidine groups is 1. The molecule has 0 bridgehead atoms. The Morgan fingerprint density at radius 2 is 2.02 bits per heavy atom. The zero-order valence-electron chi connectivity index (χ0n) is 22.0. The molecule has 2 amide bonds. The van der Waals surface area contributed by atoms with Gasteiger partial charge in [-0.15, -0.1) is 0 Å². The van der Waals surface area contributed by atoms with E-state index in [1.807, 2.05) is 0 Å². The van der Waals surface area contributed by atoms with Crippen LogP contribution >= 0.6 is 0 Å². The number of halogens is 3. The van der Waals surface area contributed by atoms with Gasteiger partial charge < -0.3 is 25.6 Å². The van der Waals surface area contributed by atoms with E-state index in [1.54, 1.807) is 54.0 Å². The average Bonchev–Trinajstić information content (AvgIpc) is 3.52. The van der Waals surface area contributed by atoms with Crippen LogP contribution in [0.5, 0.6) is 0 Å². The summed E-state index contributed by atoms with van der Waals surface area (Å²) in [6.45, 7) is 4.74. The van der Waals surface area contributed by atoms with Crippen LogP contribution < -0.4 is 10.6 Å². The van der Waals surface area contributed by atoms with Crippen molar-refractivity contribution in [3.05, 3.63) is 48.4 Å². The first kappa shape index (κ1) is 28.5. The van der Waals surface area contributed by atoms with E-state index in [0.717, 1.165) is 11.0 Å². The van der Waals surface area contributed by atoms with E-state index in [0.29, 0.717) is 46.9 Å². The molecular formula is C26H29F3N8O3. The molecule has 1 aliphatic heterocycles. The molecule has 0 saturated carbocycles. The number of nitrogens with one attached hydrogen (secondary N) is 2. The smallest absolute Gasteiger partial charge is 0.382 e. The van der Waals surface area contributed by atoms with Gasteiger partial charge in [0.15, 0.2) is 6.10 Å². The third-order valence-electron chi connectivity index (χ3n) is 6.80. The molecule has 3 heterocycles. The number of hydrogen-bond acceptors (Lipinski definition) is 5. The van der Waals surface area contributed by atoms with Crippen molar-refractivity contribution in [3.63, 3.8) is 0 Å². The first-order valence-electron chi connectivity index (χ1n) is 12.3. The molecule has 0 spiro atoms. The number of amides is 2. The van der Waals surface area contributed by atoms with Crippen LogP contribution in [0.1, 0.15) is 26.5 Å². The van der Waals surface area contributed by atoms with Crippen LogP contribution in [0.3, 0.4) is 0 Å². The van der Waals surface area contributed by atoms with E-state index in [2.05, 4.69) is 15.1 Å². The summed E-state index contributed by atoms with van der Waals surface area (Å²) in [7, 11) is 0. The summed E-state index contributed by atoms with van der Waals surface area (Å²) in [4.78, 5) is 35.5. The Bertz CT molecular complexity index is 1470. The molecule has 1 atom stereocenters. The van der Waals surface area contributed by atoms with Gasteiger partial charge in [-0.1, -0.05) is 12.1 Å². The molecule has 1 aliphatic rings. The number of H-pyrrole nitrogens is 1. The predicted molar refractivity (Wildman–Crippen MR) is 143 cm³/mol. The molecule has 1 fully saturated rings. The second-order valence-corrected chi connectivity index (χ2v) is 9.86. The first-order valence-corrected chi connectivity index (χ1v) is 12.3. The van der Waals surface area contributed by atoms with Gasteiger partial charge in [-0.2, -0.15) is 18.3 Å². The van der Waals surface area contributed by atoms with Crippen LogP contribution in [0.15, 0.2) is 47.7 Å². The lowest BCUT2D eigenvalue weighted by Gasteiger charge is -2.45. The van der Waals surface area contributed by atoms with E-state index in [-0.39, 0.29) is 17.6 Å². The van der Waals surface area contributed by atoms with Gasteiger partial charge in [0, 0.05) is 54.3 Å². The Balaban J connectivity index is 1.70. The predicted octanol–water partition coefficient (Wildman–Crippen LogP) is 2.75. The highest BCUT2D eigenvalue weighted by atomic mass is 19.4. The van der Waals surface area contributed by atoms with Crippen LogP contribution in [0.4, 0.5) is 18.9 Å². The topological polar surface area (TPSA) is 157 Å². The second-order valence-electron chi connectivity index (χ2n) is 9.86. The number of aliphatic hydroxyl groups excluding tert-OH is 1. The fraction of sp³-hybridized carbons (Fsp3) is 0.346. The number of piperazine rings is 1. The van der Waals surface area contributed by atoms with Crippen molar-refractivity contribution in [3.8, 4) is 22.4 Å². The number of hydrogen-bond donors (Lipinski definition) is 4. The number of nitrogens with two attached hydrogens (primary N) is 1. The highest BCUT2D eigenvalue weighted by Gasteiger charge is 2.43. The minimum Gasteiger partial charge on any atom is -0.382 e. The summed E-state index contributed by atoms with van der Waals surface area (Å²) < 4.78 is 39.4. The number of rotatable bonds is 7. The van der Waals surface area contributed by atoms with Crippen molar-refractivity contribution in [2.24, 2.45) is 10.7 Å².